The fraction of sp³-hybridized carbons (Fsp3) is 0.136. The Kier molecular flexibility index (Phi) is 6.56. The van der Waals surface area contributed by atoms with Gasteiger partial charge in [0.15, 0.2) is 5.16 Å². The van der Waals surface area contributed by atoms with E-state index in [1.165, 1.54) is 23.9 Å². The number of carbonyl (C=O) groups is 1. The van der Waals surface area contributed by atoms with Gasteiger partial charge in [0.2, 0.25) is 5.91 Å². The first kappa shape index (κ1) is 20.3. The second kappa shape index (κ2) is 9.69. The van der Waals surface area contributed by atoms with E-state index in [1.54, 1.807) is 23.5 Å². The third kappa shape index (κ3) is 5.14. The van der Waals surface area contributed by atoms with Gasteiger partial charge in [0.1, 0.15) is 11.6 Å². The van der Waals surface area contributed by atoms with Crippen molar-refractivity contribution in [2.45, 2.75) is 18.1 Å². The first-order valence-corrected chi connectivity index (χ1v) is 11.2. The maximum absolute atomic E-state index is 13.4. The monoisotopic (exact) mass is 438 g/mol. The lowest BCUT2D eigenvalue weighted by Gasteiger charge is -2.10. The van der Waals surface area contributed by atoms with Crippen molar-refractivity contribution >= 4 is 29.0 Å². The minimum atomic E-state index is -0.307. The summed E-state index contributed by atoms with van der Waals surface area (Å²) in [6.07, 6.45) is 0.580. The van der Waals surface area contributed by atoms with Crippen molar-refractivity contribution in [1.29, 1.82) is 0 Å². The molecule has 1 N–H and O–H groups in total. The van der Waals surface area contributed by atoms with E-state index in [2.05, 4.69) is 15.5 Å². The molecule has 0 radical (unpaired) electrons. The number of nitrogens with one attached hydrogen (secondary N) is 1. The number of carbonyl (C=O) groups excluding carboxylic acids is 1. The normalized spacial score (nSPS) is 10.8. The predicted octanol–water partition coefficient (Wildman–Crippen LogP) is 4.47. The third-order valence-electron chi connectivity index (χ3n) is 4.36. The lowest BCUT2D eigenvalue weighted by molar-refractivity contribution is -0.118. The molecule has 0 unspecified atom stereocenters. The predicted molar refractivity (Wildman–Crippen MR) is 117 cm³/mol. The van der Waals surface area contributed by atoms with Gasteiger partial charge in [0, 0.05) is 17.0 Å². The molecule has 2 heterocycles. The van der Waals surface area contributed by atoms with E-state index < -0.39 is 0 Å². The average Bonchev–Trinajstić information content (AvgIpc) is 3.42. The molecule has 0 fully saturated rings. The molecule has 152 valence electrons. The Hall–Kier alpha value is -2.97. The number of thioether (sulfide) groups is 1. The Bertz CT molecular complexity index is 1100. The summed E-state index contributed by atoms with van der Waals surface area (Å²) < 4.78 is 15.3. The Morgan fingerprint density at radius 3 is 2.57 bits per heavy atom. The van der Waals surface area contributed by atoms with E-state index in [9.17, 15) is 9.18 Å². The fourth-order valence-corrected chi connectivity index (χ4v) is 4.36. The van der Waals surface area contributed by atoms with Gasteiger partial charge in [-0.3, -0.25) is 9.36 Å². The molecule has 0 spiro atoms. The third-order valence-corrected chi connectivity index (χ3v) is 6.17. The van der Waals surface area contributed by atoms with Crippen molar-refractivity contribution in [3.05, 3.63) is 94.2 Å². The van der Waals surface area contributed by atoms with Crippen LogP contribution in [0.3, 0.4) is 0 Å². The van der Waals surface area contributed by atoms with Gasteiger partial charge < -0.3 is 5.32 Å². The summed E-state index contributed by atoms with van der Waals surface area (Å²) in [5, 5.41) is 14.1. The number of amides is 1. The van der Waals surface area contributed by atoms with Gasteiger partial charge in [-0.2, -0.15) is 0 Å². The molecular formula is C22H19FN4OS2. The summed E-state index contributed by atoms with van der Waals surface area (Å²) in [5.74, 6) is 0.565. The number of hydrogen-bond acceptors (Lipinski definition) is 5. The highest BCUT2D eigenvalue weighted by Gasteiger charge is 2.16. The quantitative estimate of drug-likeness (QED) is 0.413. The average molecular weight is 439 g/mol. The summed E-state index contributed by atoms with van der Waals surface area (Å²) in [5.41, 5.74) is 1.85. The van der Waals surface area contributed by atoms with E-state index in [4.69, 9.17) is 0 Å². The molecule has 5 nitrogen and oxygen atoms in total. The first-order chi connectivity index (χ1) is 14.7. The van der Waals surface area contributed by atoms with Crippen LogP contribution in [0.5, 0.6) is 0 Å². The zero-order valence-electron chi connectivity index (χ0n) is 16.0. The van der Waals surface area contributed by atoms with Crippen molar-refractivity contribution in [2.75, 3.05) is 5.75 Å². The Balaban J connectivity index is 1.51. The standard InChI is InChI=1S/C22H19FN4OS2/c23-17-8-10-18(11-9-17)27-20(13-16-5-2-1-3-6-16)25-26-22(27)30-15-21(28)24-14-19-7-4-12-29-19/h1-12H,13-15H2,(H,24,28). The molecule has 0 aliphatic heterocycles. The highest BCUT2D eigenvalue weighted by molar-refractivity contribution is 7.99. The molecule has 0 saturated heterocycles. The number of aromatic nitrogens is 3. The van der Waals surface area contributed by atoms with Gasteiger partial charge in [0.25, 0.3) is 0 Å². The summed E-state index contributed by atoms with van der Waals surface area (Å²) in [7, 11) is 0. The maximum Gasteiger partial charge on any atom is 0.230 e. The molecule has 4 aromatic rings. The van der Waals surface area contributed by atoms with Crippen molar-refractivity contribution in [3.8, 4) is 5.69 Å². The van der Waals surface area contributed by atoms with Crippen molar-refractivity contribution in [3.63, 3.8) is 0 Å². The van der Waals surface area contributed by atoms with Gasteiger partial charge in [-0.25, -0.2) is 4.39 Å². The van der Waals surface area contributed by atoms with Crippen LogP contribution in [0.25, 0.3) is 5.69 Å². The first-order valence-electron chi connectivity index (χ1n) is 9.35. The van der Waals surface area contributed by atoms with Crippen LogP contribution >= 0.6 is 23.1 Å². The highest BCUT2D eigenvalue weighted by Crippen LogP contribution is 2.24. The molecule has 30 heavy (non-hydrogen) atoms. The number of hydrogen-bond donors (Lipinski definition) is 1. The van der Waals surface area contributed by atoms with Crippen LogP contribution < -0.4 is 5.32 Å². The summed E-state index contributed by atoms with van der Waals surface area (Å²) in [6.45, 7) is 0.515. The number of benzene rings is 2. The largest absolute Gasteiger partial charge is 0.350 e. The summed E-state index contributed by atoms with van der Waals surface area (Å²) >= 11 is 2.92. The van der Waals surface area contributed by atoms with Crippen LogP contribution in [0.2, 0.25) is 0 Å². The Morgan fingerprint density at radius 1 is 1.03 bits per heavy atom. The van der Waals surface area contributed by atoms with Crippen LogP contribution in [0.4, 0.5) is 4.39 Å². The lowest BCUT2D eigenvalue weighted by Crippen LogP contribution is -2.24. The molecule has 0 aliphatic carbocycles. The minimum Gasteiger partial charge on any atom is -0.350 e. The molecule has 8 heteroatoms. The topological polar surface area (TPSA) is 59.8 Å². The molecule has 4 rings (SSSR count). The van der Waals surface area contributed by atoms with Gasteiger partial charge in [-0.05, 0) is 41.3 Å². The smallest absolute Gasteiger partial charge is 0.230 e. The number of nitrogens with zero attached hydrogens (tertiary/aromatic N) is 3. The van der Waals surface area contributed by atoms with Crippen molar-refractivity contribution in [1.82, 2.24) is 20.1 Å². The molecule has 1 amide bonds. The highest BCUT2D eigenvalue weighted by atomic mass is 32.2. The molecule has 2 aromatic heterocycles. The van der Waals surface area contributed by atoms with Crippen molar-refractivity contribution in [2.24, 2.45) is 0 Å². The lowest BCUT2D eigenvalue weighted by atomic mass is 10.1. The molecule has 0 saturated carbocycles. The van der Waals surface area contributed by atoms with Crippen LogP contribution in [-0.4, -0.2) is 26.4 Å². The van der Waals surface area contributed by atoms with E-state index >= 15 is 0 Å². The van der Waals surface area contributed by atoms with E-state index in [0.717, 1.165) is 22.0 Å². The Morgan fingerprint density at radius 2 is 1.83 bits per heavy atom. The second-order valence-corrected chi connectivity index (χ2v) is 8.49. The van der Waals surface area contributed by atoms with E-state index in [1.807, 2.05) is 52.4 Å². The Labute approximate surface area is 182 Å². The second-order valence-electron chi connectivity index (χ2n) is 6.52. The number of halogens is 1. The van der Waals surface area contributed by atoms with Gasteiger partial charge in [0.05, 0.1) is 12.3 Å². The summed E-state index contributed by atoms with van der Waals surface area (Å²) in [4.78, 5) is 13.4. The fourth-order valence-electron chi connectivity index (χ4n) is 2.92. The number of rotatable bonds is 8. The van der Waals surface area contributed by atoms with Crippen LogP contribution in [-0.2, 0) is 17.8 Å². The molecule has 0 aliphatic rings. The summed E-state index contributed by atoms with van der Waals surface area (Å²) in [6, 6.07) is 20.1. The van der Waals surface area contributed by atoms with Gasteiger partial charge >= 0.3 is 0 Å². The molecular weight excluding hydrogens is 419 g/mol. The van der Waals surface area contributed by atoms with Gasteiger partial charge in [-0.1, -0.05) is 48.2 Å². The molecule has 0 atom stereocenters. The van der Waals surface area contributed by atoms with Crippen LogP contribution in [0, 0.1) is 5.82 Å². The van der Waals surface area contributed by atoms with E-state index in [-0.39, 0.29) is 17.5 Å². The zero-order valence-corrected chi connectivity index (χ0v) is 17.6. The SMILES string of the molecule is O=C(CSc1nnc(Cc2ccccc2)n1-c1ccc(F)cc1)NCc1cccs1. The van der Waals surface area contributed by atoms with Crippen LogP contribution in [0.1, 0.15) is 16.3 Å². The van der Waals surface area contributed by atoms with E-state index in [0.29, 0.717) is 18.1 Å². The molecule has 0 bridgehead atoms. The minimum absolute atomic E-state index is 0.0772. The zero-order chi connectivity index (χ0) is 20.8. The van der Waals surface area contributed by atoms with Crippen molar-refractivity contribution < 1.29 is 9.18 Å². The van der Waals surface area contributed by atoms with Crippen LogP contribution in [0.15, 0.2) is 77.3 Å². The number of thiophene rings is 1. The maximum atomic E-state index is 13.4. The molecule has 2 aromatic carbocycles. The van der Waals surface area contributed by atoms with Gasteiger partial charge in [-0.15, -0.1) is 21.5 Å².